The maximum atomic E-state index is 12.0. The summed E-state index contributed by atoms with van der Waals surface area (Å²) in [5.74, 6) is 1.41. The van der Waals surface area contributed by atoms with Crippen LogP contribution < -0.4 is 5.32 Å². The number of aliphatic hydroxyl groups excluding tert-OH is 1. The van der Waals surface area contributed by atoms with Crippen LogP contribution in [0.3, 0.4) is 0 Å². The summed E-state index contributed by atoms with van der Waals surface area (Å²) in [6, 6.07) is 7.95. The van der Waals surface area contributed by atoms with Gasteiger partial charge in [-0.1, -0.05) is 38.1 Å². The van der Waals surface area contributed by atoms with Crippen molar-refractivity contribution >= 4 is 10.8 Å². The van der Waals surface area contributed by atoms with Crippen LogP contribution in [0.2, 0.25) is 0 Å². The third-order valence-electron chi connectivity index (χ3n) is 2.89. The number of rotatable bonds is 8. The monoisotopic (exact) mass is 283 g/mol. The molecule has 2 atom stereocenters. The summed E-state index contributed by atoms with van der Waals surface area (Å²) in [7, 11) is -1.02. The van der Waals surface area contributed by atoms with E-state index in [2.05, 4.69) is 19.2 Å². The zero-order valence-electron chi connectivity index (χ0n) is 12.1. The molecular formula is C15H25NO2S. The lowest BCUT2D eigenvalue weighted by Gasteiger charge is -2.13. The van der Waals surface area contributed by atoms with Gasteiger partial charge in [-0.05, 0) is 30.5 Å². The van der Waals surface area contributed by atoms with Crippen molar-refractivity contribution in [1.29, 1.82) is 0 Å². The molecule has 0 bridgehead atoms. The van der Waals surface area contributed by atoms with Crippen LogP contribution in [0.4, 0.5) is 0 Å². The minimum atomic E-state index is -1.02. The maximum Gasteiger partial charge on any atom is 0.0779 e. The second kappa shape index (κ2) is 8.46. The summed E-state index contributed by atoms with van der Waals surface area (Å²) in [6.45, 7) is 7.65. The first kappa shape index (κ1) is 16.3. The molecule has 0 amide bonds. The lowest BCUT2D eigenvalue weighted by atomic mass is 10.1. The third-order valence-corrected chi connectivity index (χ3v) is 4.28. The molecule has 2 unspecified atom stereocenters. The van der Waals surface area contributed by atoms with E-state index in [-0.39, 0.29) is 0 Å². The van der Waals surface area contributed by atoms with Crippen molar-refractivity contribution in [2.75, 3.05) is 18.8 Å². The SMILES string of the molecule is Cc1ccccc1CS(=O)CC(O)CNCC(C)C. The van der Waals surface area contributed by atoms with Gasteiger partial charge >= 0.3 is 0 Å². The topological polar surface area (TPSA) is 49.3 Å². The first-order chi connectivity index (χ1) is 8.99. The number of aliphatic hydroxyl groups is 1. The molecule has 0 radical (unpaired) electrons. The Bertz CT molecular complexity index is 407. The van der Waals surface area contributed by atoms with Crippen molar-refractivity contribution in [3.05, 3.63) is 35.4 Å². The van der Waals surface area contributed by atoms with Crippen molar-refractivity contribution in [3.63, 3.8) is 0 Å². The van der Waals surface area contributed by atoms with E-state index in [4.69, 9.17) is 0 Å². The van der Waals surface area contributed by atoms with Gasteiger partial charge in [0.05, 0.1) is 11.9 Å². The predicted octanol–water partition coefficient (Wildman–Crippen LogP) is 1.85. The molecular weight excluding hydrogens is 258 g/mol. The zero-order valence-corrected chi connectivity index (χ0v) is 12.9. The molecule has 0 aliphatic rings. The molecule has 0 saturated heterocycles. The van der Waals surface area contributed by atoms with E-state index in [1.54, 1.807) is 0 Å². The summed E-state index contributed by atoms with van der Waals surface area (Å²) in [5, 5.41) is 13.0. The van der Waals surface area contributed by atoms with Gasteiger partial charge < -0.3 is 10.4 Å². The van der Waals surface area contributed by atoms with Gasteiger partial charge in [-0.15, -0.1) is 0 Å². The molecule has 0 heterocycles. The minimum absolute atomic E-state index is 0.333. The highest BCUT2D eigenvalue weighted by atomic mass is 32.2. The van der Waals surface area contributed by atoms with E-state index in [9.17, 15) is 9.32 Å². The molecule has 0 aliphatic carbocycles. The molecule has 19 heavy (non-hydrogen) atoms. The zero-order chi connectivity index (χ0) is 14.3. The fourth-order valence-electron chi connectivity index (χ4n) is 1.82. The van der Waals surface area contributed by atoms with E-state index in [0.717, 1.165) is 17.7 Å². The molecule has 4 heteroatoms. The molecule has 108 valence electrons. The van der Waals surface area contributed by atoms with Gasteiger partial charge in [0.2, 0.25) is 0 Å². The standard InChI is InChI=1S/C15H25NO2S/c1-12(2)8-16-9-15(17)11-19(18)10-14-7-5-4-6-13(14)3/h4-7,12,15-17H,8-11H2,1-3H3. The van der Waals surface area contributed by atoms with Gasteiger partial charge in [0.25, 0.3) is 0 Å². The largest absolute Gasteiger partial charge is 0.391 e. The number of benzene rings is 1. The van der Waals surface area contributed by atoms with Crippen LogP contribution in [-0.2, 0) is 16.6 Å². The highest BCUT2D eigenvalue weighted by molar-refractivity contribution is 7.84. The first-order valence-corrected chi connectivity index (χ1v) is 8.26. The molecule has 0 spiro atoms. The van der Waals surface area contributed by atoms with Crippen molar-refractivity contribution < 1.29 is 9.32 Å². The number of hydrogen-bond donors (Lipinski definition) is 2. The number of nitrogens with one attached hydrogen (secondary N) is 1. The highest BCUT2D eigenvalue weighted by Crippen LogP contribution is 2.10. The summed E-state index contributed by atoms with van der Waals surface area (Å²) in [5.41, 5.74) is 2.26. The van der Waals surface area contributed by atoms with Crippen molar-refractivity contribution in [1.82, 2.24) is 5.32 Å². The summed E-state index contributed by atoms with van der Waals surface area (Å²) in [4.78, 5) is 0. The van der Waals surface area contributed by atoms with Crippen LogP contribution in [0.15, 0.2) is 24.3 Å². The number of aryl methyl sites for hydroxylation is 1. The van der Waals surface area contributed by atoms with Gasteiger partial charge in [-0.3, -0.25) is 4.21 Å². The van der Waals surface area contributed by atoms with E-state index >= 15 is 0 Å². The van der Waals surface area contributed by atoms with Gasteiger partial charge in [-0.2, -0.15) is 0 Å². The molecule has 0 aliphatic heterocycles. The summed E-state index contributed by atoms with van der Waals surface area (Å²) in [6.07, 6.45) is -0.538. The average molecular weight is 283 g/mol. The Morgan fingerprint density at radius 2 is 1.95 bits per heavy atom. The van der Waals surface area contributed by atoms with Crippen LogP contribution in [0.25, 0.3) is 0 Å². The van der Waals surface area contributed by atoms with E-state index in [1.807, 2.05) is 31.2 Å². The van der Waals surface area contributed by atoms with Gasteiger partial charge in [0, 0.05) is 23.1 Å². The Balaban J connectivity index is 2.33. The molecule has 0 fully saturated rings. The van der Waals surface area contributed by atoms with E-state index < -0.39 is 16.9 Å². The van der Waals surface area contributed by atoms with Crippen molar-refractivity contribution in [2.24, 2.45) is 5.92 Å². The van der Waals surface area contributed by atoms with E-state index in [1.165, 1.54) is 0 Å². The first-order valence-electron chi connectivity index (χ1n) is 6.77. The van der Waals surface area contributed by atoms with Crippen molar-refractivity contribution in [3.8, 4) is 0 Å². The van der Waals surface area contributed by atoms with E-state index in [0.29, 0.717) is 24.0 Å². The van der Waals surface area contributed by atoms with Crippen LogP contribution in [0.5, 0.6) is 0 Å². The van der Waals surface area contributed by atoms with Crippen LogP contribution in [0, 0.1) is 12.8 Å². The van der Waals surface area contributed by atoms with Gasteiger partial charge in [0.1, 0.15) is 0 Å². The molecule has 0 aromatic heterocycles. The lowest BCUT2D eigenvalue weighted by molar-refractivity contribution is 0.193. The number of hydrogen-bond acceptors (Lipinski definition) is 3. The maximum absolute atomic E-state index is 12.0. The van der Waals surface area contributed by atoms with Gasteiger partial charge in [-0.25, -0.2) is 0 Å². The smallest absolute Gasteiger partial charge is 0.0779 e. The second-order valence-electron chi connectivity index (χ2n) is 5.38. The van der Waals surface area contributed by atoms with Crippen LogP contribution in [0.1, 0.15) is 25.0 Å². The Hall–Kier alpha value is -0.710. The molecule has 0 saturated carbocycles. The normalized spacial score (nSPS) is 14.6. The molecule has 1 aromatic carbocycles. The lowest BCUT2D eigenvalue weighted by Crippen LogP contribution is -2.33. The third kappa shape index (κ3) is 6.85. The molecule has 1 aromatic rings. The molecule has 2 N–H and O–H groups in total. The fraction of sp³-hybridized carbons (Fsp3) is 0.600. The Kier molecular flexibility index (Phi) is 7.28. The molecule has 1 rings (SSSR count). The van der Waals surface area contributed by atoms with Crippen LogP contribution in [-0.4, -0.2) is 34.3 Å². The van der Waals surface area contributed by atoms with Gasteiger partial charge in [0.15, 0.2) is 0 Å². The highest BCUT2D eigenvalue weighted by Gasteiger charge is 2.11. The summed E-state index contributed by atoms with van der Waals surface area (Å²) >= 11 is 0. The second-order valence-corrected chi connectivity index (χ2v) is 6.88. The quantitative estimate of drug-likeness (QED) is 0.765. The Morgan fingerprint density at radius 1 is 1.26 bits per heavy atom. The van der Waals surface area contributed by atoms with Crippen molar-refractivity contribution in [2.45, 2.75) is 32.6 Å². The summed E-state index contributed by atoms with van der Waals surface area (Å²) < 4.78 is 12.0. The average Bonchev–Trinajstić information content (AvgIpc) is 2.31. The van der Waals surface area contributed by atoms with Crippen LogP contribution >= 0.6 is 0 Å². The minimum Gasteiger partial charge on any atom is -0.391 e. The molecule has 3 nitrogen and oxygen atoms in total. The Labute approximate surface area is 118 Å². The Morgan fingerprint density at radius 3 is 2.58 bits per heavy atom. The predicted molar refractivity (Wildman–Crippen MR) is 81.6 cm³/mol. The fourth-order valence-corrected chi connectivity index (χ4v) is 3.15.